The third-order valence-electron chi connectivity index (χ3n) is 6.36. The van der Waals surface area contributed by atoms with Gasteiger partial charge < -0.3 is 29.1 Å². The average molecular weight is 494 g/mol. The Morgan fingerprint density at radius 3 is 2.64 bits per heavy atom. The van der Waals surface area contributed by atoms with E-state index in [9.17, 15) is 24.0 Å². The molecule has 12 heteroatoms. The molecule has 3 N–H and O–H groups in total. The van der Waals surface area contributed by atoms with E-state index in [-0.39, 0.29) is 42.5 Å². The van der Waals surface area contributed by atoms with Gasteiger partial charge in [0.25, 0.3) is 17.4 Å². The van der Waals surface area contributed by atoms with Gasteiger partial charge >= 0.3 is 12.0 Å². The molecule has 2 aromatic heterocycles. The van der Waals surface area contributed by atoms with Crippen LogP contribution in [0.3, 0.4) is 0 Å². The Balaban J connectivity index is 1.61. The number of carbonyl (C=O) groups is 4. The molecular formula is C24H22N4O8. The van der Waals surface area contributed by atoms with Crippen molar-refractivity contribution < 1.29 is 33.1 Å². The van der Waals surface area contributed by atoms with Crippen molar-refractivity contribution >= 4 is 34.8 Å². The van der Waals surface area contributed by atoms with Crippen LogP contribution in [0.4, 0.5) is 4.79 Å². The second-order valence-electron chi connectivity index (χ2n) is 8.53. The zero-order valence-electron chi connectivity index (χ0n) is 19.6. The lowest BCUT2D eigenvalue weighted by atomic mass is 9.95. The van der Waals surface area contributed by atoms with Gasteiger partial charge in [0.15, 0.2) is 16.7 Å². The highest BCUT2D eigenvalue weighted by Gasteiger charge is 2.53. The fourth-order valence-corrected chi connectivity index (χ4v) is 4.59. The Labute approximate surface area is 203 Å². The number of rotatable bonds is 6. The Hall–Kier alpha value is -4.61. The highest BCUT2D eigenvalue weighted by molar-refractivity contribution is 6.09. The van der Waals surface area contributed by atoms with Gasteiger partial charge in [0, 0.05) is 23.2 Å². The van der Waals surface area contributed by atoms with E-state index in [1.54, 1.807) is 32.0 Å². The Bertz CT molecular complexity index is 1520. The number of aryl methyl sites for hydroxylation is 1. The normalized spacial score (nSPS) is 18.9. The number of fused-ring (bicyclic) bond motifs is 2. The van der Waals surface area contributed by atoms with Crippen molar-refractivity contribution in [3.63, 3.8) is 0 Å². The van der Waals surface area contributed by atoms with Gasteiger partial charge in [-0.3, -0.25) is 19.7 Å². The summed E-state index contributed by atoms with van der Waals surface area (Å²) < 4.78 is 16.1. The molecule has 3 aromatic rings. The van der Waals surface area contributed by atoms with Crippen LogP contribution in [0.1, 0.15) is 44.7 Å². The van der Waals surface area contributed by atoms with Gasteiger partial charge in [-0.25, -0.2) is 9.59 Å². The van der Waals surface area contributed by atoms with Gasteiger partial charge in [-0.2, -0.15) is 0 Å². The zero-order valence-corrected chi connectivity index (χ0v) is 19.6. The number of ether oxygens (including phenoxy) is 2. The molecule has 0 spiro atoms. The maximum atomic E-state index is 13.2. The summed E-state index contributed by atoms with van der Waals surface area (Å²) in [4.78, 5) is 67.7. The summed E-state index contributed by atoms with van der Waals surface area (Å²) in [7, 11) is 1.49. The number of urea groups is 1. The molecule has 4 amide bonds. The van der Waals surface area contributed by atoms with Crippen LogP contribution in [0.2, 0.25) is 0 Å². The minimum absolute atomic E-state index is 0.0338. The summed E-state index contributed by atoms with van der Waals surface area (Å²) in [6, 6.07) is 5.79. The number of esters is 1. The maximum Gasteiger partial charge on any atom is 0.347 e. The summed E-state index contributed by atoms with van der Waals surface area (Å²) in [5.74, 6) is -1.52. The summed E-state index contributed by atoms with van der Waals surface area (Å²) in [5.41, 5.74) is -1.43. The third kappa shape index (κ3) is 3.41. The SMILES string of the molecule is CCOC(=O)c1c(=O)[nH]c(C)c2cc(C3(CN4Cc5ccc(OC)cc5C4=O)NC(=O)NC3=O)oc12. The second-order valence-corrected chi connectivity index (χ2v) is 8.53. The van der Waals surface area contributed by atoms with E-state index in [1.165, 1.54) is 18.1 Å². The van der Waals surface area contributed by atoms with Crippen molar-refractivity contribution in [2.45, 2.75) is 25.9 Å². The van der Waals surface area contributed by atoms with Gasteiger partial charge in [0.05, 0.1) is 20.3 Å². The number of H-pyrrole nitrogens is 1. The van der Waals surface area contributed by atoms with Crippen molar-refractivity contribution in [2.75, 3.05) is 20.3 Å². The van der Waals surface area contributed by atoms with E-state index in [2.05, 4.69) is 15.6 Å². The molecule has 1 aromatic carbocycles. The first-order chi connectivity index (χ1) is 17.2. The first kappa shape index (κ1) is 23.1. The largest absolute Gasteiger partial charge is 0.497 e. The van der Waals surface area contributed by atoms with E-state index in [1.807, 2.05) is 0 Å². The van der Waals surface area contributed by atoms with E-state index in [0.29, 0.717) is 22.4 Å². The predicted molar refractivity (Wildman–Crippen MR) is 124 cm³/mol. The van der Waals surface area contributed by atoms with E-state index < -0.39 is 29.0 Å². The van der Waals surface area contributed by atoms with Crippen molar-refractivity contribution in [3.8, 4) is 5.75 Å². The summed E-state index contributed by atoms with van der Waals surface area (Å²) in [5, 5.41) is 5.13. The lowest BCUT2D eigenvalue weighted by Gasteiger charge is -2.29. The van der Waals surface area contributed by atoms with Gasteiger partial charge in [-0.1, -0.05) is 6.07 Å². The fraction of sp³-hybridized carbons (Fsp3) is 0.292. The van der Waals surface area contributed by atoms with Gasteiger partial charge in [-0.05, 0) is 37.6 Å². The van der Waals surface area contributed by atoms with Crippen LogP contribution in [-0.4, -0.2) is 54.0 Å². The number of hydrogen-bond acceptors (Lipinski definition) is 8. The van der Waals surface area contributed by atoms with Gasteiger partial charge in [0.1, 0.15) is 11.5 Å². The molecule has 2 aliphatic rings. The number of benzene rings is 1. The molecule has 1 unspecified atom stereocenters. The predicted octanol–water partition coefficient (Wildman–Crippen LogP) is 1.31. The number of hydrogen-bond donors (Lipinski definition) is 3. The number of methoxy groups -OCH3 is 1. The molecule has 0 saturated carbocycles. The number of pyridine rings is 1. The van der Waals surface area contributed by atoms with Crippen LogP contribution in [-0.2, 0) is 21.6 Å². The van der Waals surface area contributed by atoms with Crippen LogP contribution in [0.25, 0.3) is 11.0 Å². The van der Waals surface area contributed by atoms with Crippen molar-refractivity contribution in [2.24, 2.45) is 0 Å². The number of nitrogens with one attached hydrogen (secondary N) is 3. The van der Waals surface area contributed by atoms with E-state index >= 15 is 0 Å². The Kier molecular flexibility index (Phi) is 5.31. The number of imide groups is 1. The first-order valence-corrected chi connectivity index (χ1v) is 11.1. The Morgan fingerprint density at radius 2 is 1.97 bits per heavy atom. The molecule has 0 radical (unpaired) electrons. The number of furan rings is 1. The second kappa shape index (κ2) is 8.26. The van der Waals surface area contributed by atoms with Crippen LogP contribution in [0.15, 0.2) is 33.5 Å². The van der Waals surface area contributed by atoms with Crippen LogP contribution < -0.4 is 20.9 Å². The summed E-state index contributed by atoms with van der Waals surface area (Å²) in [6.45, 7) is 3.16. The van der Waals surface area contributed by atoms with E-state index in [0.717, 1.165) is 5.56 Å². The van der Waals surface area contributed by atoms with Gasteiger partial charge in [0.2, 0.25) is 0 Å². The summed E-state index contributed by atoms with van der Waals surface area (Å²) in [6.07, 6.45) is 0. The van der Waals surface area contributed by atoms with Crippen LogP contribution in [0, 0.1) is 6.92 Å². The van der Waals surface area contributed by atoms with Crippen molar-refractivity contribution in [1.29, 1.82) is 0 Å². The molecule has 1 atom stereocenters. The van der Waals surface area contributed by atoms with Crippen LogP contribution in [0.5, 0.6) is 5.75 Å². The Morgan fingerprint density at radius 1 is 1.19 bits per heavy atom. The molecular weight excluding hydrogens is 472 g/mol. The molecule has 5 rings (SSSR count). The molecule has 2 aliphatic heterocycles. The minimum atomic E-state index is -1.81. The van der Waals surface area contributed by atoms with Gasteiger partial charge in [-0.15, -0.1) is 0 Å². The molecule has 1 saturated heterocycles. The number of aromatic amines is 1. The molecule has 1 fully saturated rings. The molecule has 12 nitrogen and oxygen atoms in total. The number of aromatic nitrogens is 1. The highest BCUT2D eigenvalue weighted by Crippen LogP contribution is 2.36. The molecule has 4 heterocycles. The molecule has 186 valence electrons. The first-order valence-electron chi connectivity index (χ1n) is 11.1. The summed E-state index contributed by atoms with van der Waals surface area (Å²) >= 11 is 0. The lowest BCUT2D eigenvalue weighted by Crippen LogP contribution is -2.52. The standard InChI is InChI=1S/C24H22N4O8/c1-4-35-21(31)17-18-14(11(2)25-19(17)29)8-16(36-18)24(22(32)26-23(33)27-24)10-28-9-12-5-6-13(34-3)7-15(12)20(28)30/h5-8H,4,9-10H2,1-3H3,(H,25,29)(H2,26,27,32,33). The lowest BCUT2D eigenvalue weighted by molar-refractivity contribution is -0.125. The number of amides is 4. The zero-order chi connectivity index (χ0) is 25.8. The molecule has 36 heavy (non-hydrogen) atoms. The quantitative estimate of drug-likeness (QED) is 0.342. The molecule has 0 bridgehead atoms. The topological polar surface area (TPSA) is 160 Å². The average Bonchev–Trinajstić information content (AvgIpc) is 3.49. The minimum Gasteiger partial charge on any atom is -0.497 e. The number of carbonyl (C=O) groups excluding carboxylic acids is 4. The smallest absolute Gasteiger partial charge is 0.347 e. The third-order valence-corrected chi connectivity index (χ3v) is 6.36. The van der Waals surface area contributed by atoms with Crippen molar-refractivity contribution in [3.05, 3.63) is 62.8 Å². The van der Waals surface area contributed by atoms with Crippen molar-refractivity contribution in [1.82, 2.24) is 20.5 Å². The maximum absolute atomic E-state index is 13.2. The fourth-order valence-electron chi connectivity index (χ4n) is 4.59. The monoisotopic (exact) mass is 494 g/mol. The van der Waals surface area contributed by atoms with E-state index in [4.69, 9.17) is 13.9 Å². The number of nitrogens with zero attached hydrogens (tertiary/aromatic N) is 1. The highest BCUT2D eigenvalue weighted by atomic mass is 16.5. The molecule has 0 aliphatic carbocycles. The van der Waals surface area contributed by atoms with Crippen LogP contribution >= 0.6 is 0 Å².